The first kappa shape index (κ1) is 17.6. The fourth-order valence-electron chi connectivity index (χ4n) is 2.59. The Bertz CT molecular complexity index is 617. The monoisotopic (exact) mass is 328 g/mol. The van der Waals surface area contributed by atoms with Gasteiger partial charge in [0.1, 0.15) is 0 Å². The number of anilines is 1. The molecular weight excluding hydrogens is 311 g/mol. The van der Waals surface area contributed by atoms with Gasteiger partial charge in [0.25, 0.3) is 0 Å². The van der Waals surface area contributed by atoms with Crippen LogP contribution in [-0.2, 0) is 4.79 Å². The summed E-state index contributed by atoms with van der Waals surface area (Å²) in [5.74, 6) is 0.0687. The predicted molar refractivity (Wildman–Crippen MR) is 88.0 cm³/mol. The van der Waals surface area contributed by atoms with Gasteiger partial charge in [-0.25, -0.2) is 0 Å². The number of nitrogens with two attached hydrogens (primary N) is 1. The molecule has 2 unspecified atom stereocenters. The highest BCUT2D eigenvalue weighted by molar-refractivity contribution is 6.01. The molecule has 1 fully saturated rings. The van der Waals surface area contributed by atoms with Gasteiger partial charge >= 0.3 is 0 Å². The van der Waals surface area contributed by atoms with Crippen LogP contribution in [0.4, 0.5) is 5.69 Å². The topological polar surface area (TPSA) is 80.9 Å². The quantitative estimate of drug-likeness (QED) is 0.887. The first-order valence-electron chi connectivity index (χ1n) is 6.49. The Kier molecular flexibility index (Phi) is 6.33. The lowest BCUT2D eigenvalue weighted by molar-refractivity contribution is -0.119. The van der Waals surface area contributed by atoms with Crippen molar-refractivity contribution in [3.05, 3.63) is 30.7 Å². The van der Waals surface area contributed by atoms with Gasteiger partial charge in [0.15, 0.2) is 0 Å². The highest BCUT2D eigenvalue weighted by Gasteiger charge is 2.27. The van der Waals surface area contributed by atoms with Crippen LogP contribution in [0, 0.1) is 5.92 Å². The van der Waals surface area contributed by atoms with E-state index in [1.807, 2.05) is 6.07 Å². The second kappa shape index (κ2) is 7.54. The van der Waals surface area contributed by atoms with Gasteiger partial charge in [-0.15, -0.1) is 24.8 Å². The van der Waals surface area contributed by atoms with Crippen molar-refractivity contribution in [2.75, 3.05) is 5.32 Å². The second-order valence-corrected chi connectivity index (χ2v) is 5.01. The third-order valence-electron chi connectivity index (χ3n) is 3.64. The number of carbonyl (C=O) groups excluding carboxylic acids is 1. The molecule has 3 rings (SSSR count). The fraction of sp³-hybridized carbons (Fsp3) is 0.357. The van der Waals surface area contributed by atoms with E-state index in [1.54, 1.807) is 24.7 Å². The Hall–Kier alpha value is -1.43. The lowest BCUT2D eigenvalue weighted by Gasteiger charge is -2.12. The molecule has 2 aromatic rings. The Balaban J connectivity index is 0.00000110. The van der Waals surface area contributed by atoms with Gasteiger partial charge in [-0.05, 0) is 31.4 Å². The van der Waals surface area contributed by atoms with Gasteiger partial charge in [0.05, 0.1) is 11.2 Å². The SMILES string of the molecule is Cl.Cl.NC1CCC(C(=O)Nc2ccnc3ccncc23)C1. The molecule has 2 heterocycles. The highest BCUT2D eigenvalue weighted by Crippen LogP contribution is 2.27. The van der Waals surface area contributed by atoms with Crippen LogP contribution in [0.2, 0.25) is 0 Å². The molecule has 1 aliphatic carbocycles. The van der Waals surface area contributed by atoms with Gasteiger partial charge in [0.2, 0.25) is 5.91 Å². The summed E-state index contributed by atoms with van der Waals surface area (Å²) in [6.07, 6.45) is 7.67. The van der Waals surface area contributed by atoms with E-state index in [0.717, 1.165) is 35.9 Å². The Morgan fingerprint density at radius 1 is 1.24 bits per heavy atom. The van der Waals surface area contributed by atoms with Gasteiger partial charge in [-0.1, -0.05) is 0 Å². The number of pyridine rings is 2. The molecule has 2 atom stereocenters. The Labute approximate surface area is 135 Å². The lowest BCUT2D eigenvalue weighted by atomic mass is 10.1. The van der Waals surface area contributed by atoms with Crippen LogP contribution in [-0.4, -0.2) is 21.9 Å². The molecular formula is C14H18Cl2N4O. The summed E-state index contributed by atoms with van der Waals surface area (Å²) in [5, 5.41) is 3.83. The summed E-state index contributed by atoms with van der Waals surface area (Å²) in [7, 11) is 0. The summed E-state index contributed by atoms with van der Waals surface area (Å²) in [6, 6.07) is 3.79. The number of amides is 1. The van der Waals surface area contributed by atoms with Gasteiger partial charge in [-0.2, -0.15) is 0 Å². The second-order valence-electron chi connectivity index (χ2n) is 5.01. The van der Waals surface area contributed by atoms with Crippen molar-refractivity contribution in [2.45, 2.75) is 25.3 Å². The van der Waals surface area contributed by atoms with Crippen molar-refractivity contribution in [3.8, 4) is 0 Å². The van der Waals surface area contributed by atoms with Crippen molar-refractivity contribution < 1.29 is 4.79 Å². The van der Waals surface area contributed by atoms with Crippen LogP contribution in [0.25, 0.3) is 10.9 Å². The molecule has 1 saturated carbocycles. The molecule has 21 heavy (non-hydrogen) atoms. The number of carbonyl (C=O) groups is 1. The van der Waals surface area contributed by atoms with Crippen molar-refractivity contribution >= 4 is 47.3 Å². The van der Waals surface area contributed by atoms with Crippen LogP contribution in [0.5, 0.6) is 0 Å². The highest BCUT2D eigenvalue weighted by atomic mass is 35.5. The molecule has 0 bridgehead atoms. The standard InChI is InChI=1S/C14H16N4O.2ClH/c15-10-2-1-9(7-10)14(19)18-13-4-6-17-12-3-5-16-8-11(12)13;;/h3-6,8-10H,1-2,7,15H2,(H,17,18,19);2*1H. The van der Waals surface area contributed by atoms with E-state index in [9.17, 15) is 4.79 Å². The molecule has 5 nitrogen and oxygen atoms in total. The van der Waals surface area contributed by atoms with Crippen LogP contribution in [0.1, 0.15) is 19.3 Å². The third-order valence-corrected chi connectivity index (χ3v) is 3.64. The Morgan fingerprint density at radius 2 is 2.05 bits per heavy atom. The van der Waals surface area contributed by atoms with Crippen molar-refractivity contribution in [1.82, 2.24) is 9.97 Å². The molecule has 3 N–H and O–H groups in total. The van der Waals surface area contributed by atoms with Crippen molar-refractivity contribution in [2.24, 2.45) is 11.7 Å². The number of fused-ring (bicyclic) bond motifs is 1. The molecule has 114 valence electrons. The minimum atomic E-state index is 0. The van der Waals surface area contributed by atoms with E-state index in [-0.39, 0.29) is 42.7 Å². The molecule has 2 aromatic heterocycles. The molecule has 1 amide bonds. The number of hydrogen-bond donors (Lipinski definition) is 2. The van der Waals surface area contributed by atoms with E-state index in [1.165, 1.54) is 0 Å². The number of nitrogens with zero attached hydrogens (tertiary/aromatic N) is 2. The molecule has 0 spiro atoms. The maximum absolute atomic E-state index is 12.2. The normalized spacial score (nSPS) is 20.4. The zero-order chi connectivity index (χ0) is 13.2. The summed E-state index contributed by atoms with van der Waals surface area (Å²) in [4.78, 5) is 20.5. The smallest absolute Gasteiger partial charge is 0.227 e. The molecule has 0 saturated heterocycles. The predicted octanol–water partition coefficient (Wildman–Crippen LogP) is 2.54. The summed E-state index contributed by atoms with van der Waals surface area (Å²) >= 11 is 0. The summed E-state index contributed by atoms with van der Waals surface area (Å²) in [5.41, 5.74) is 7.44. The van der Waals surface area contributed by atoms with Crippen molar-refractivity contribution in [3.63, 3.8) is 0 Å². The first-order valence-corrected chi connectivity index (χ1v) is 6.49. The fourth-order valence-corrected chi connectivity index (χ4v) is 2.59. The van der Waals surface area contributed by atoms with Crippen molar-refractivity contribution in [1.29, 1.82) is 0 Å². The van der Waals surface area contributed by atoms with E-state index < -0.39 is 0 Å². The lowest BCUT2D eigenvalue weighted by Crippen LogP contribution is -2.23. The van der Waals surface area contributed by atoms with Crippen LogP contribution in [0.15, 0.2) is 30.7 Å². The molecule has 0 radical (unpaired) electrons. The summed E-state index contributed by atoms with van der Waals surface area (Å²) in [6.45, 7) is 0. The first-order chi connectivity index (χ1) is 9.24. The van der Waals surface area contributed by atoms with Gasteiger partial charge in [0, 0.05) is 35.9 Å². The average molecular weight is 329 g/mol. The number of nitrogens with one attached hydrogen (secondary N) is 1. The zero-order valence-electron chi connectivity index (χ0n) is 11.4. The zero-order valence-corrected chi connectivity index (χ0v) is 13.0. The van der Waals surface area contributed by atoms with Crippen LogP contribution >= 0.6 is 24.8 Å². The third kappa shape index (κ3) is 3.81. The summed E-state index contributed by atoms with van der Waals surface area (Å²) < 4.78 is 0. The van der Waals surface area contributed by atoms with Gasteiger partial charge in [-0.3, -0.25) is 14.8 Å². The average Bonchev–Trinajstić information content (AvgIpc) is 2.86. The molecule has 1 aliphatic rings. The van der Waals surface area contributed by atoms with E-state index in [2.05, 4.69) is 15.3 Å². The maximum Gasteiger partial charge on any atom is 0.227 e. The van der Waals surface area contributed by atoms with E-state index >= 15 is 0 Å². The largest absolute Gasteiger partial charge is 0.328 e. The minimum absolute atomic E-state index is 0. The van der Waals surface area contributed by atoms with Gasteiger partial charge < -0.3 is 11.1 Å². The molecule has 7 heteroatoms. The number of rotatable bonds is 2. The van der Waals surface area contributed by atoms with E-state index in [4.69, 9.17) is 5.73 Å². The number of hydrogen-bond acceptors (Lipinski definition) is 4. The minimum Gasteiger partial charge on any atom is -0.328 e. The number of halogens is 2. The Morgan fingerprint density at radius 3 is 2.76 bits per heavy atom. The van der Waals surface area contributed by atoms with Crippen LogP contribution in [0.3, 0.4) is 0 Å². The maximum atomic E-state index is 12.2. The van der Waals surface area contributed by atoms with E-state index in [0.29, 0.717) is 0 Å². The number of aromatic nitrogens is 2. The van der Waals surface area contributed by atoms with Crippen LogP contribution < -0.4 is 11.1 Å². The molecule has 0 aromatic carbocycles. The molecule has 0 aliphatic heterocycles.